The molecule has 3 heterocycles. The van der Waals surface area contributed by atoms with Crippen LogP contribution in [-0.4, -0.2) is 19.0 Å². The summed E-state index contributed by atoms with van der Waals surface area (Å²) in [4.78, 5) is 32.9. The number of nitrogens with two attached hydrogens (primary N) is 1. The molecule has 3 aromatic heterocycles. The van der Waals surface area contributed by atoms with Crippen LogP contribution in [0.15, 0.2) is 34.2 Å². The first kappa shape index (κ1) is 14.6. The van der Waals surface area contributed by atoms with Gasteiger partial charge in [0, 0.05) is 18.0 Å². The van der Waals surface area contributed by atoms with E-state index in [1.54, 1.807) is 13.0 Å². The lowest BCUT2D eigenvalue weighted by Gasteiger charge is -2.15. The summed E-state index contributed by atoms with van der Waals surface area (Å²) in [5.41, 5.74) is 0.188. The van der Waals surface area contributed by atoms with E-state index in [4.69, 9.17) is 5.84 Å². The minimum atomic E-state index is -0.776. The van der Waals surface area contributed by atoms with E-state index in [2.05, 4.69) is 9.97 Å². The second kappa shape index (κ2) is 4.98. The Morgan fingerprint density at radius 2 is 1.92 bits per heavy atom. The van der Waals surface area contributed by atoms with Gasteiger partial charge in [-0.2, -0.15) is 4.68 Å². The van der Waals surface area contributed by atoms with Gasteiger partial charge in [0.05, 0.1) is 17.3 Å². The Hall–Kier alpha value is -3.03. The highest BCUT2D eigenvalue weighted by molar-refractivity contribution is 5.74. The maximum absolute atomic E-state index is 14.7. The highest BCUT2D eigenvalue weighted by Crippen LogP contribution is 2.41. The third kappa shape index (κ3) is 1.96. The monoisotopic (exact) mass is 327 g/mol. The molecule has 0 saturated heterocycles. The van der Waals surface area contributed by atoms with Crippen LogP contribution < -0.4 is 17.1 Å². The van der Waals surface area contributed by atoms with Gasteiger partial charge in [-0.3, -0.25) is 9.20 Å². The summed E-state index contributed by atoms with van der Waals surface area (Å²) < 4.78 is 16.3. The molecule has 2 N–H and O–H groups in total. The van der Waals surface area contributed by atoms with Crippen LogP contribution in [-0.2, 0) is 0 Å². The van der Waals surface area contributed by atoms with Crippen molar-refractivity contribution in [2.24, 2.45) is 0 Å². The van der Waals surface area contributed by atoms with Gasteiger partial charge in [0.15, 0.2) is 11.6 Å². The van der Waals surface area contributed by atoms with E-state index < -0.39 is 17.1 Å². The Bertz CT molecular complexity index is 1080. The number of nitrogen functional groups attached to an aromatic ring is 1. The molecule has 8 heteroatoms. The van der Waals surface area contributed by atoms with Crippen LogP contribution in [0.4, 0.5) is 4.39 Å². The number of aryl methyl sites for hydroxylation is 1. The molecule has 24 heavy (non-hydrogen) atoms. The van der Waals surface area contributed by atoms with Crippen molar-refractivity contribution in [3.05, 3.63) is 62.4 Å². The number of aromatic nitrogens is 4. The molecule has 0 amide bonds. The van der Waals surface area contributed by atoms with E-state index >= 15 is 0 Å². The summed E-state index contributed by atoms with van der Waals surface area (Å²) in [6, 6.07) is 1.63. The van der Waals surface area contributed by atoms with Crippen molar-refractivity contribution in [2.45, 2.75) is 25.7 Å². The largest absolute Gasteiger partial charge is 0.354 e. The van der Waals surface area contributed by atoms with Gasteiger partial charge in [0.2, 0.25) is 0 Å². The SMILES string of the molecule is Cc1c(-c2ncccn2)c(F)cn2c(=O)n(N)c(=O)c(C3CC3)c12. The fourth-order valence-corrected chi connectivity index (χ4v) is 3.08. The lowest BCUT2D eigenvalue weighted by Crippen LogP contribution is -2.44. The van der Waals surface area contributed by atoms with Gasteiger partial charge in [0.1, 0.15) is 0 Å². The number of halogens is 1. The van der Waals surface area contributed by atoms with E-state index in [9.17, 15) is 14.0 Å². The Labute approximate surface area is 135 Å². The first-order valence-electron chi connectivity index (χ1n) is 7.53. The van der Waals surface area contributed by atoms with E-state index in [0.717, 1.165) is 23.4 Å². The molecule has 0 spiro atoms. The standard InChI is InChI=1S/C16H14FN5O2/c1-8-11(14-19-5-2-6-20-14)10(17)7-21-13(8)12(9-3-4-9)15(23)22(18)16(21)24/h2,5-7,9H,3-4,18H2,1H3. The lowest BCUT2D eigenvalue weighted by molar-refractivity contribution is 0.614. The lowest BCUT2D eigenvalue weighted by atomic mass is 10.0. The summed E-state index contributed by atoms with van der Waals surface area (Å²) in [5, 5.41) is 0. The molecule has 0 bridgehead atoms. The van der Waals surface area contributed by atoms with Crippen LogP contribution in [0.1, 0.15) is 29.9 Å². The van der Waals surface area contributed by atoms with Gasteiger partial charge in [-0.25, -0.2) is 19.2 Å². The number of hydrogen-bond donors (Lipinski definition) is 1. The second-order valence-electron chi connectivity index (χ2n) is 5.91. The highest BCUT2D eigenvalue weighted by atomic mass is 19.1. The molecule has 1 aliphatic rings. The molecule has 0 radical (unpaired) electrons. The predicted molar refractivity (Wildman–Crippen MR) is 85.8 cm³/mol. The van der Waals surface area contributed by atoms with Crippen molar-refractivity contribution in [3.63, 3.8) is 0 Å². The molecule has 0 unspecified atom stereocenters. The van der Waals surface area contributed by atoms with Gasteiger partial charge in [-0.15, -0.1) is 0 Å². The summed E-state index contributed by atoms with van der Waals surface area (Å²) in [7, 11) is 0. The number of nitrogens with zero attached hydrogens (tertiary/aromatic N) is 4. The Morgan fingerprint density at radius 1 is 1.25 bits per heavy atom. The van der Waals surface area contributed by atoms with E-state index in [-0.39, 0.29) is 17.3 Å². The zero-order valence-corrected chi connectivity index (χ0v) is 12.9. The van der Waals surface area contributed by atoms with Crippen LogP contribution in [0.2, 0.25) is 0 Å². The normalized spacial score (nSPS) is 14.2. The Kier molecular flexibility index (Phi) is 3.02. The van der Waals surface area contributed by atoms with Gasteiger partial charge in [-0.05, 0) is 37.3 Å². The molecule has 1 fully saturated rings. The highest BCUT2D eigenvalue weighted by Gasteiger charge is 2.32. The molecule has 3 aromatic rings. The molecule has 122 valence electrons. The maximum atomic E-state index is 14.7. The van der Waals surface area contributed by atoms with Crippen LogP contribution in [0.25, 0.3) is 16.9 Å². The first-order valence-corrected chi connectivity index (χ1v) is 7.53. The molecule has 1 saturated carbocycles. The van der Waals surface area contributed by atoms with Gasteiger partial charge >= 0.3 is 5.69 Å². The van der Waals surface area contributed by atoms with Crippen molar-refractivity contribution in [1.29, 1.82) is 0 Å². The third-order valence-corrected chi connectivity index (χ3v) is 4.34. The van der Waals surface area contributed by atoms with E-state index in [1.807, 2.05) is 0 Å². The van der Waals surface area contributed by atoms with Gasteiger partial charge in [0.25, 0.3) is 5.56 Å². The maximum Gasteiger partial charge on any atom is 0.354 e. The molecular formula is C16H14FN5O2. The van der Waals surface area contributed by atoms with Crippen molar-refractivity contribution in [2.75, 3.05) is 5.84 Å². The summed E-state index contributed by atoms with van der Waals surface area (Å²) >= 11 is 0. The average Bonchev–Trinajstić information content (AvgIpc) is 3.40. The zero-order valence-electron chi connectivity index (χ0n) is 12.9. The molecular weight excluding hydrogens is 313 g/mol. The van der Waals surface area contributed by atoms with Crippen LogP contribution in [0, 0.1) is 12.7 Å². The summed E-state index contributed by atoms with van der Waals surface area (Å²) in [6.45, 7) is 1.66. The van der Waals surface area contributed by atoms with Crippen molar-refractivity contribution < 1.29 is 4.39 Å². The van der Waals surface area contributed by atoms with Crippen LogP contribution in [0.5, 0.6) is 0 Å². The second-order valence-corrected chi connectivity index (χ2v) is 5.91. The average molecular weight is 327 g/mol. The van der Waals surface area contributed by atoms with Gasteiger partial charge in [-0.1, -0.05) is 0 Å². The van der Waals surface area contributed by atoms with Gasteiger partial charge < -0.3 is 5.84 Å². The van der Waals surface area contributed by atoms with Crippen LogP contribution >= 0.6 is 0 Å². The summed E-state index contributed by atoms with van der Waals surface area (Å²) in [5.74, 6) is 5.19. The van der Waals surface area contributed by atoms with Crippen molar-refractivity contribution in [1.82, 2.24) is 19.0 Å². The third-order valence-electron chi connectivity index (χ3n) is 4.34. The molecule has 7 nitrogen and oxygen atoms in total. The number of hydrogen-bond acceptors (Lipinski definition) is 5. The molecule has 0 atom stereocenters. The predicted octanol–water partition coefficient (Wildman–Crippen LogP) is 0.957. The quantitative estimate of drug-likeness (QED) is 0.707. The Morgan fingerprint density at radius 3 is 2.54 bits per heavy atom. The number of rotatable bonds is 2. The first-order chi connectivity index (χ1) is 11.5. The molecule has 0 aliphatic heterocycles. The minimum absolute atomic E-state index is 0.0385. The fourth-order valence-electron chi connectivity index (χ4n) is 3.08. The number of pyridine rings is 1. The molecule has 0 aromatic carbocycles. The molecule has 4 rings (SSSR count). The number of fused-ring (bicyclic) bond motifs is 1. The fraction of sp³-hybridized carbons (Fsp3) is 0.250. The van der Waals surface area contributed by atoms with Crippen molar-refractivity contribution in [3.8, 4) is 11.4 Å². The van der Waals surface area contributed by atoms with E-state index in [1.165, 1.54) is 12.4 Å². The van der Waals surface area contributed by atoms with Crippen LogP contribution in [0.3, 0.4) is 0 Å². The topological polar surface area (TPSA) is 95.3 Å². The van der Waals surface area contributed by atoms with Crippen molar-refractivity contribution >= 4 is 5.52 Å². The summed E-state index contributed by atoms with van der Waals surface area (Å²) in [6.07, 6.45) is 5.76. The van der Waals surface area contributed by atoms with E-state index in [0.29, 0.717) is 21.3 Å². The molecule has 1 aliphatic carbocycles. The zero-order chi connectivity index (χ0) is 17.0. The smallest absolute Gasteiger partial charge is 0.332 e. The minimum Gasteiger partial charge on any atom is -0.332 e. The Balaban J connectivity index is 2.20.